The highest BCUT2D eigenvalue weighted by atomic mass is 32.1. The van der Waals surface area contributed by atoms with E-state index in [1.54, 1.807) is 0 Å². The van der Waals surface area contributed by atoms with Crippen molar-refractivity contribution in [2.24, 2.45) is 0 Å². The Morgan fingerprint density at radius 1 is 0.441 bits per heavy atom. The van der Waals surface area contributed by atoms with E-state index in [-0.39, 0.29) is 0 Å². The van der Waals surface area contributed by atoms with E-state index in [1.807, 2.05) is 29.5 Å². The third-order valence-electron chi connectivity index (χ3n) is 13.3. The summed E-state index contributed by atoms with van der Waals surface area (Å²) in [5.74, 6) is 1.83. The second kappa shape index (κ2) is 13.2. The highest BCUT2D eigenvalue weighted by molar-refractivity contribution is 7.26. The first kappa shape index (κ1) is 36.0. The van der Waals surface area contributed by atoms with Crippen LogP contribution in [0.15, 0.2) is 114 Å². The summed E-state index contributed by atoms with van der Waals surface area (Å²) in [5.41, 5.74) is 18.5. The van der Waals surface area contributed by atoms with Crippen molar-refractivity contribution >= 4 is 182 Å². The SMILES string of the molecule is Bc1c(B)c(B)c2c(c1B)c1c(B)c(B)c(B)c(B)c1n2-c1nc(-c2ccccc2)nc(-c2ccc3c(c2)oc2cccc(-c4cccc5c4sc4ccccc45)c23)n1. The summed E-state index contributed by atoms with van der Waals surface area (Å²) in [6.45, 7) is 0. The van der Waals surface area contributed by atoms with Crippen LogP contribution in [0.4, 0.5) is 0 Å². The second-order valence-electron chi connectivity index (χ2n) is 16.2. The lowest BCUT2D eigenvalue weighted by Gasteiger charge is -2.16. The van der Waals surface area contributed by atoms with Crippen LogP contribution in [0.2, 0.25) is 0 Å². The summed E-state index contributed by atoms with van der Waals surface area (Å²) in [5, 5.41) is 7.30. The highest BCUT2D eigenvalue weighted by Crippen LogP contribution is 2.44. The summed E-state index contributed by atoms with van der Waals surface area (Å²) < 4.78 is 11.6. The molecule has 0 spiro atoms. The molecule has 14 heteroatoms. The van der Waals surface area contributed by atoms with Crippen molar-refractivity contribution in [2.75, 3.05) is 0 Å². The first-order valence-electron chi connectivity index (χ1n) is 20.3. The molecule has 0 fully saturated rings. The molecular weight excluding hydrogens is 731 g/mol. The summed E-state index contributed by atoms with van der Waals surface area (Å²) in [7, 11) is 18.0. The van der Waals surface area contributed by atoms with Crippen LogP contribution < -0.4 is 43.7 Å². The third kappa shape index (κ3) is 5.18. The number of hydrogen-bond acceptors (Lipinski definition) is 5. The zero-order chi connectivity index (χ0) is 40.4. The number of hydrogen-bond donors (Lipinski definition) is 0. The fraction of sp³-hybridized carbons (Fsp3) is 0. The van der Waals surface area contributed by atoms with Crippen LogP contribution in [0.5, 0.6) is 0 Å². The number of nitrogens with zero attached hydrogens (tertiary/aromatic N) is 4. The van der Waals surface area contributed by atoms with Crippen LogP contribution in [0, 0.1) is 0 Å². The average Bonchev–Trinajstić information content (AvgIpc) is 3.96. The van der Waals surface area contributed by atoms with Gasteiger partial charge in [-0.25, -0.2) is 4.98 Å². The first-order valence-corrected chi connectivity index (χ1v) is 21.1. The molecule has 0 amide bonds. The predicted octanol–water partition coefficient (Wildman–Crippen LogP) is -1.70. The van der Waals surface area contributed by atoms with Crippen molar-refractivity contribution in [3.63, 3.8) is 0 Å². The van der Waals surface area contributed by atoms with Crippen LogP contribution >= 0.6 is 11.3 Å². The molecule has 0 atom stereocenters. The molecule has 0 saturated heterocycles. The molecule has 7 aromatic carbocycles. The predicted molar refractivity (Wildman–Crippen MR) is 276 cm³/mol. The first-order chi connectivity index (χ1) is 28.6. The lowest BCUT2D eigenvalue weighted by Crippen LogP contribution is -2.49. The molecule has 0 bridgehead atoms. The normalized spacial score (nSPS) is 11.9. The Morgan fingerprint density at radius 3 is 1.75 bits per heavy atom. The molecule has 4 aromatic heterocycles. The maximum absolute atomic E-state index is 6.71. The molecular formula is C45H34B8N4OS. The van der Waals surface area contributed by atoms with E-state index in [9.17, 15) is 0 Å². The minimum Gasteiger partial charge on any atom is -0.456 e. The number of rotatable bonds is 4. The minimum absolute atomic E-state index is 0.595. The summed E-state index contributed by atoms with van der Waals surface area (Å²) >= 11 is 1.85. The van der Waals surface area contributed by atoms with E-state index >= 15 is 0 Å². The molecule has 0 saturated carbocycles. The number of aromatic nitrogens is 4. The van der Waals surface area contributed by atoms with E-state index in [0.717, 1.165) is 44.1 Å². The van der Waals surface area contributed by atoms with E-state index in [4.69, 9.17) is 19.4 Å². The largest absolute Gasteiger partial charge is 0.456 e. The second-order valence-corrected chi connectivity index (χ2v) is 17.3. The van der Waals surface area contributed by atoms with Gasteiger partial charge in [-0.15, -0.1) is 22.3 Å². The number of fused-ring (bicyclic) bond motifs is 9. The van der Waals surface area contributed by atoms with Gasteiger partial charge in [-0.2, -0.15) is 9.97 Å². The van der Waals surface area contributed by atoms with Gasteiger partial charge in [0, 0.05) is 58.7 Å². The minimum atomic E-state index is 0.595. The Bertz CT molecular complexity index is 3540. The Labute approximate surface area is 352 Å². The van der Waals surface area contributed by atoms with Gasteiger partial charge in [0.15, 0.2) is 11.6 Å². The maximum atomic E-state index is 6.71. The Morgan fingerprint density at radius 2 is 1.03 bits per heavy atom. The number of thiophene rings is 1. The van der Waals surface area contributed by atoms with Crippen molar-refractivity contribution in [1.29, 1.82) is 0 Å². The molecule has 5 nitrogen and oxygen atoms in total. The van der Waals surface area contributed by atoms with E-state index in [1.165, 1.54) is 85.8 Å². The Balaban J connectivity index is 1.17. The average molecular weight is 765 g/mol. The van der Waals surface area contributed by atoms with Crippen molar-refractivity contribution in [2.45, 2.75) is 0 Å². The van der Waals surface area contributed by atoms with Crippen molar-refractivity contribution in [1.82, 2.24) is 19.5 Å². The van der Waals surface area contributed by atoms with Crippen LogP contribution in [-0.2, 0) is 0 Å². The monoisotopic (exact) mass is 766 g/mol. The van der Waals surface area contributed by atoms with Crippen LogP contribution in [0.3, 0.4) is 0 Å². The third-order valence-corrected chi connectivity index (χ3v) is 14.5. The quantitative estimate of drug-likeness (QED) is 0.201. The molecule has 4 heterocycles. The van der Waals surface area contributed by atoms with E-state index in [2.05, 4.69) is 158 Å². The Hall–Kier alpha value is -6.11. The van der Waals surface area contributed by atoms with Gasteiger partial charge in [-0.3, -0.25) is 4.57 Å². The smallest absolute Gasteiger partial charge is 0.238 e. The molecule has 59 heavy (non-hydrogen) atoms. The molecule has 11 aromatic rings. The summed E-state index contributed by atoms with van der Waals surface area (Å²) in [6.07, 6.45) is 0. The van der Waals surface area contributed by atoms with Gasteiger partial charge in [0.25, 0.3) is 0 Å². The molecule has 0 aliphatic rings. The number of benzene rings is 7. The van der Waals surface area contributed by atoms with Crippen molar-refractivity contribution in [3.05, 3.63) is 109 Å². The Kier molecular flexibility index (Phi) is 8.06. The lowest BCUT2D eigenvalue weighted by atomic mass is 9.63. The van der Waals surface area contributed by atoms with E-state index in [0.29, 0.717) is 17.6 Å². The molecule has 0 N–H and O–H groups in total. The van der Waals surface area contributed by atoms with Crippen LogP contribution in [0.25, 0.3) is 104 Å². The van der Waals surface area contributed by atoms with Crippen molar-refractivity contribution < 1.29 is 4.42 Å². The van der Waals surface area contributed by atoms with Gasteiger partial charge in [0.05, 0.1) is 0 Å². The van der Waals surface area contributed by atoms with Crippen LogP contribution in [-0.4, -0.2) is 82.3 Å². The lowest BCUT2D eigenvalue weighted by molar-refractivity contribution is 0.669. The van der Waals surface area contributed by atoms with Crippen LogP contribution in [0.1, 0.15) is 0 Å². The van der Waals surface area contributed by atoms with Gasteiger partial charge in [-0.05, 0) is 40.6 Å². The molecule has 11 rings (SSSR count). The zero-order valence-corrected chi connectivity index (χ0v) is 35.3. The van der Waals surface area contributed by atoms with Crippen molar-refractivity contribution in [3.8, 4) is 39.9 Å². The fourth-order valence-corrected chi connectivity index (χ4v) is 10.8. The highest BCUT2D eigenvalue weighted by Gasteiger charge is 2.26. The molecule has 0 aliphatic heterocycles. The standard InChI is InChI=1S/C45H34B8N4OS/c46-32-30-31-33(47)35(49)37(51)39(53)41(31)57(40(30)38(52)36(50)34(32)48)45-55-43(19-8-2-1-3-9-19)54-44(56-45)20-16-17-25-27(18-20)58-26-14-7-11-22(29(25)26)24-13-6-12-23-21-10-4-5-15-28(21)59-42(23)24/h1-18H,46-53H2. The number of furan rings is 1. The molecule has 0 radical (unpaired) electrons. The fourth-order valence-electron chi connectivity index (χ4n) is 9.53. The molecule has 0 unspecified atom stereocenters. The maximum Gasteiger partial charge on any atom is 0.238 e. The van der Waals surface area contributed by atoms with Gasteiger partial charge in [0.2, 0.25) is 5.95 Å². The zero-order valence-electron chi connectivity index (χ0n) is 34.5. The molecule has 270 valence electrons. The van der Waals surface area contributed by atoms with Gasteiger partial charge in [0.1, 0.15) is 73.9 Å². The summed E-state index contributed by atoms with van der Waals surface area (Å²) in [4.78, 5) is 15.9. The molecule has 0 aliphatic carbocycles. The van der Waals surface area contributed by atoms with Gasteiger partial charge >= 0.3 is 0 Å². The van der Waals surface area contributed by atoms with E-state index < -0.39 is 0 Å². The summed E-state index contributed by atoms with van der Waals surface area (Å²) in [6, 6.07) is 38.4. The van der Waals surface area contributed by atoms with Gasteiger partial charge in [-0.1, -0.05) is 118 Å². The van der Waals surface area contributed by atoms with Gasteiger partial charge < -0.3 is 4.42 Å². The topological polar surface area (TPSA) is 56.7 Å².